The summed E-state index contributed by atoms with van der Waals surface area (Å²) in [5.74, 6) is -1.97. The van der Waals surface area contributed by atoms with E-state index in [1.165, 1.54) is 0 Å². The number of likely N-dealkylation sites (tertiary alicyclic amines) is 1. The van der Waals surface area contributed by atoms with E-state index in [0.29, 0.717) is 0 Å². The maximum atomic E-state index is 12.3. The Morgan fingerprint density at radius 2 is 2.00 bits per heavy atom. The molecular weight excluding hydrogens is 302 g/mol. The van der Waals surface area contributed by atoms with Crippen LogP contribution in [0.2, 0.25) is 0 Å². The van der Waals surface area contributed by atoms with E-state index in [9.17, 15) is 14.7 Å². The third-order valence-corrected chi connectivity index (χ3v) is 3.94. The van der Waals surface area contributed by atoms with E-state index < -0.39 is 36.1 Å². The van der Waals surface area contributed by atoms with Gasteiger partial charge in [-0.25, -0.2) is 9.59 Å². The lowest BCUT2D eigenvalue weighted by atomic mass is 10.1. The molecule has 0 aromatic heterocycles. The number of ether oxygens (including phenoxy) is 3. The van der Waals surface area contributed by atoms with Crippen LogP contribution in [0.15, 0.2) is 30.3 Å². The molecule has 2 aliphatic rings. The van der Waals surface area contributed by atoms with Crippen LogP contribution in [-0.2, 0) is 25.6 Å². The van der Waals surface area contributed by atoms with Crippen LogP contribution in [0.5, 0.6) is 0 Å². The first kappa shape index (κ1) is 15.8. The van der Waals surface area contributed by atoms with Crippen molar-refractivity contribution in [3.8, 4) is 0 Å². The van der Waals surface area contributed by atoms with Gasteiger partial charge in [0, 0.05) is 0 Å². The number of carbonyl (C=O) groups excluding carboxylic acids is 1. The van der Waals surface area contributed by atoms with Crippen molar-refractivity contribution in [2.24, 2.45) is 0 Å². The standard InChI is InChI=1S/C16H19NO6/c1-16(2)22-11-8-17(12(14(18)19)13(11)23-16)15(20)21-9-10-6-4-3-5-7-10/h3-7,11-13H,8-9H2,1-2H3,(H,18,19). The summed E-state index contributed by atoms with van der Waals surface area (Å²) in [6.07, 6.45) is -1.83. The highest BCUT2D eigenvalue weighted by atomic mass is 16.8. The number of benzene rings is 1. The molecule has 1 amide bonds. The molecule has 0 spiro atoms. The first-order chi connectivity index (χ1) is 10.9. The van der Waals surface area contributed by atoms with E-state index in [1.54, 1.807) is 13.8 Å². The van der Waals surface area contributed by atoms with E-state index in [2.05, 4.69) is 0 Å². The molecule has 0 bridgehead atoms. The number of nitrogens with zero attached hydrogens (tertiary/aromatic N) is 1. The van der Waals surface area contributed by atoms with Gasteiger partial charge in [-0.05, 0) is 19.4 Å². The summed E-state index contributed by atoms with van der Waals surface area (Å²) >= 11 is 0. The van der Waals surface area contributed by atoms with Crippen LogP contribution in [-0.4, -0.2) is 52.7 Å². The van der Waals surface area contributed by atoms with Crippen LogP contribution in [0, 0.1) is 0 Å². The lowest BCUT2D eigenvalue weighted by Crippen LogP contribution is -2.47. The van der Waals surface area contributed by atoms with Crippen molar-refractivity contribution in [2.45, 2.75) is 44.5 Å². The summed E-state index contributed by atoms with van der Waals surface area (Å²) in [6.45, 7) is 3.67. The molecule has 7 nitrogen and oxygen atoms in total. The van der Waals surface area contributed by atoms with Crippen LogP contribution in [0.1, 0.15) is 19.4 Å². The smallest absolute Gasteiger partial charge is 0.411 e. The number of carboxylic acid groups (broad SMARTS) is 1. The Kier molecular flexibility index (Phi) is 3.99. The largest absolute Gasteiger partial charge is 0.480 e. The number of amides is 1. The average Bonchev–Trinajstić information content (AvgIpc) is 2.97. The first-order valence-corrected chi connectivity index (χ1v) is 7.43. The second-order valence-electron chi connectivity index (χ2n) is 6.11. The zero-order valence-electron chi connectivity index (χ0n) is 13.0. The second-order valence-corrected chi connectivity index (χ2v) is 6.11. The Morgan fingerprint density at radius 3 is 2.65 bits per heavy atom. The van der Waals surface area contributed by atoms with E-state index >= 15 is 0 Å². The fraction of sp³-hybridized carbons (Fsp3) is 0.500. The van der Waals surface area contributed by atoms with E-state index in [-0.39, 0.29) is 13.2 Å². The molecule has 23 heavy (non-hydrogen) atoms. The summed E-state index contributed by atoms with van der Waals surface area (Å²) in [6, 6.07) is 8.10. The van der Waals surface area contributed by atoms with E-state index in [1.807, 2.05) is 30.3 Å². The molecule has 1 aromatic carbocycles. The van der Waals surface area contributed by atoms with Gasteiger partial charge in [0.1, 0.15) is 18.8 Å². The van der Waals surface area contributed by atoms with Gasteiger partial charge in [0.05, 0.1) is 6.54 Å². The number of hydrogen-bond donors (Lipinski definition) is 1. The molecule has 2 aliphatic heterocycles. The molecular formula is C16H19NO6. The lowest BCUT2D eigenvalue weighted by molar-refractivity contribution is -0.168. The maximum Gasteiger partial charge on any atom is 0.411 e. The molecule has 3 unspecified atom stereocenters. The summed E-state index contributed by atoms with van der Waals surface area (Å²) in [5, 5.41) is 9.45. The lowest BCUT2D eigenvalue weighted by Gasteiger charge is -2.26. The molecule has 2 fully saturated rings. The molecule has 0 saturated carbocycles. The molecule has 124 valence electrons. The summed E-state index contributed by atoms with van der Waals surface area (Å²) in [7, 11) is 0. The third kappa shape index (κ3) is 3.16. The third-order valence-electron chi connectivity index (χ3n) is 3.94. The highest BCUT2D eigenvalue weighted by Crippen LogP contribution is 2.37. The highest BCUT2D eigenvalue weighted by molar-refractivity contribution is 5.82. The maximum absolute atomic E-state index is 12.3. The zero-order valence-corrected chi connectivity index (χ0v) is 13.0. The van der Waals surface area contributed by atoms with Gasteiger partial charge in [0.2, 0.25) is 0 Å². The van der Waals surface area contributed by atoms with Crippen molar-refractivity contribution in [3.05, 3.63) is 35.9 Å². The van der Waals surface area contributed by atoms with Gasteiger partial charge >= 0.3 is 12.1 Å². The van der Waals surface area contributed by atoms with Gasteiger partial charge in [-0.15, -0.1) is 0 Å². The first-order valence-electron chi connectivity index (χ1n) is 7.43. The van der Waals surface area contributed by atoms with Gasteiger partial charge in [0.25, 0.3) is 0 Å². The minimum atomic E-state index is -1.13. The van der Waals surface area contributed by atoms with Crippen molar-refractivity contribution in [1.29, 1.82) is 0 Å². The van der Waals surface area contributed by atoms with Crippen molar-refractivity contribution in [2.75, 3.05) is 6.54 Å². The van der Waals surface area contributed by atoms with Crippen LogP contribution in [0.3, 0.4) is 0 Å². The Labute approximate surface area is 133 Å². The Hall–Kier alpha value is -2.12. The molecule has 0 aliphatic carbocycles. The number of hydrogen-bond acceptors (Lipinski definition) is 5. The Morgan fingerprint density at radius 1 is 1.30 bits per heavy atom. The van der Waals surface area contributed by atoms with Gasteiger partial charge in [-0.2, -0.15) is 0 Å². The number of carbonyl (C=O) groups is 2. The second kappa shape index (κ2) is 5.82. The van der Waals surface area contributed by atoms with Crippen LogP contribution in [0.25, 0.3) is 0 Å². The topological polar surface area (TPSA) is 85.3 Å². The average molecular weight is 321 g/mol. The quantitative estimate of drug-likeness (QED) is 0.910. The fourth-order valence-corrected chi connectivity index (χ4v) is 3.02. The predicted octanol–water partition coefficient (Wildman–Crippen LogP) is 1.61. The predicted molar refractivity (Wildman–Crippen MR) is 78.6 cm³/mol. The van der Waals surface area contributed by atoms with E-state index in [0.717, 1.165) is 10.5 Å². The van der Waals surface area contributed by atoms with E-state index in [4.69, 9.17) is 14.2 Å². The molecule has 7 heteroatoms. The van der Waals surface area contributed by atoms with Crippen LogP contribution >= 0.6 is 0 Å². The molecule has 0 radical (unpaired) electrons. The van der Waals surface area contributed by atoms with Crippen molar-refractivity contribution < 1.29 is 28.9 Å². The summed E-state index contributed by atoms with van der Waals surface area (Å²) in [5.41, 5.74) is 0.834. The summed E-state index contributed by atoms with van der Waals surface area (Å²) < 4.78 is 16.5. The summed E-state index contributed by atoms with van der Waals surface area (Å²) in [4.78, 5) is 25.0. The zero-order chi connectivity index (χ0) is 16.6. The normalized spacial score (nSPS) is 28.4. The minimum absolute atomic E-state index is 0.0883. The monoisotopic (exact) mass is 321 g/mol. The minimum Gasteiger partial charge on any atom is -0.480 e. The fourth-order valence-electron chi connectivity index (χ4n) is 3.02. The number of rotatable bonds is 3. The van der Waals surface area contributed by atoms with Crippen molar-refractivity contribution in [3.63, 3.8) is 0 Å². The van der Waals surface area contributed by atoms with Crippen LogP contribution in [0.4, 0.5) is 4.79 Å². The SMILES string of the molecule is CC1(C)OC2CN(C(=O)OCc3ccccc3)C(C(=O)O)C2O1. The number of fused-ring (bicyclic) bond motifs is 1. The number of aliphatic carboxylic acids is 1. The molecule has 3 rings (SSSR count). The Bertz CT molecular complexity index is 602. The molecule has 1 aromatic rings. The highest BCUT2D eigenvalue weighted by Gasteiger charge is 2.57. The molecule has 2 saturated heterocycles. The van der Waals surface area contributed by atoms with Gasteiger partial charge in [0.15, 0.2) is 11.8 Å². The van der Waals surface area contributed by atoms with Gasteiger partial charge < -0.3 is 19.3 Å². The molecule has 2 heterocycles. The molecule has 3 atom stereocenters. The number of carboxylic acids is 1. The van der Waals surface area contributed by atoms with Gasteiger partial charge in [-0.1, -0.05) is 30.3 Å². The van der Waals surface area contributed by atoms with Gasteiger partial charge in [-0.3, -0.25) is 4.90 Å². The Balaban J connectivity index is 1.67. The molecule has 1 N–H and O–H groups in total. The van der Waals surface area contributed by atoms with Crippen LogP contribution < -0.4 is 0 Å². The van der Waals surface area contributed by atoms with Crippen molar-refractivity contribution >= 4 is 12.1 Å². The van der Waals surface area contributed by atoms with Crippen molar-refractivity contribution in [1.82, 2.24) is 4.90 Å².